The number of rotatable bonds is 9. The topological polar surface area (TPSA) is 87.7 Å². The molecule has 1 aromatic carbocycles. The van der Waals surface area contributed by atoms with Crippen LogP contribution in [0.3, 0.4) is 0 Å². The van der Waals surface area contributed by atoms with Crippen LogP contribution in [0.25, 0.3) is 5.76 Å². The Balaban J connectivity index is 2.62. The molecule has 5 N–H and O–H groups in total. The fraction of sp³-hybridized carbons (Fsp3) is 0.538. The monoisotopic (exact) mass is 446 g/mol. The molecule has 1 fully saturated rings. The van der Waals surface area contributed by atoms with Crippen LogP contribution in [0.4, 0.5) is 4.39 Å². The number of aromatic hydroxyl groups is 2. The van der Waals surface area contributed by atoms with Gasteiger partial charge < -0.3 is 20.4 Å². The van der Waals surface area contributed by atoms with Crippen molar-refractivity contribution in [1.29, 1.82) is 0 Å². The van der Waals surface area contributed by atoms with E-state index in [1.165, 1.54) is 6.07 Å². The van der Waals surface area contributed by atoms with Crippen LogP contribution in [0.2, 0.25) is 0 Å². The van der Waals surface area contributed by atoms with Crippen molar-refractivity contribution in [2.45, 2.75) is 71.9 Å². The summed E-state index contributed by atoms with van der Waals surface area (Å²) < 4.78 is 14.5. The van der Waals surface area contributed by atoms with Gasteiger partial charge in [-0.1, -0.05) is 27.0 Å². The Morgan fingerprint density at radius 1 is 1.19 bits per heavy atom. The van der Waals surface area contributed by atoms with Crippen LogP contribution in [0.15, 0.2) is 42.1 Å². The lowest BCUT2D eigenvalue weighted by Crippen LogP contribution is -2.31. The second-order valence-electron chi connectivity index (χ2n) is 9.54. The molecule has 6 heteroatoms. The van der Waals surface area contributed by atoms with Gasteiger partial charge in [-0.25, -0.2) is 4.39 Å². The van der Waals surface area contributed by atoms with Crippen LogP contribution in [0.1, 0.15) is 77.3 Å². The second-order valence-corrected chi connectivity index (χ2v) is 9.54. The van der Waals surface area contributed by atoms with Crippen molar-refractivity contribution in [3.8, 4) is 11.5 Å². The maximum Gasteiger partial charge on any atom is 0.161 e. The number of nitrogens with one attached hydrogen (secondary N) is 1. The van der Waals surface area contributed by atoms with Gasteiger partial charge in [0.1, 0.15) is 17.2 Å². The Morgan fingerprint density at radius 2 is 1.78 bits per heavy atom. The number of likely N-dealkylation sites (N-methyl/N-ethyl adjacent to an activating group) is 1. The SMILES string of the molecule is C=C(NCC)C(=C)/C(=C(\ON)c1cc(C(C)C)c(O)cc1O)C1CCC(C(C)(C)F)CC1. The Morgan fingerprint density at radius 3 is 2.25 bits per heavy atom. The number of alkyl halides is 1. The maximum atomic E-state index is 14.5. The third-order valence-corrected chi connectivity index (χ3v) is 6.56. The van der Waals surface area contributed by atoms with Crippen molar-refractivity contribution >= 4 is 5.76 Å². The van der Waals surface area contributed by atoms with Crippen LogP contribution in [-0.2, 0) is 4.84 Å². The third kappa shape index (κ3) is 5.66. The highest BCUT2D eigenvalue weighted by Crippen LogP contribution is 2.46. The summed E-state index contributed by atoms with van der Waals surface area (Å²) >= 11 is 0. The van der Waals surface area contributed by atoms with Gasteiger partial charge in [0.05, 0.1) is 5.56 Å². The van der Waals surface area contributed by atoms with Gasteiger partial charge in [-0.2, -0.15) is 5.90 Å². The summed E-state index contributed by atoms with van der Waals surface area (Å²) in [6.45, 7) is 18.2. The molecule has 1 aromatic rings. The van der Waals surface area contributed by atoms with Gasteiger partial charge in [0.15, 0.2) is 5.76 Å². The van der Waals surface area contributed by atoms with Gasteiger partial charge in [-0.3, -0.25) is 0 Å². The molecule has 0 unspecified atom stereocenters. The lowest BCUT2D eigenvalue weighted by Gasteiger charge is -2.36. The summed E-state index contributed by atoms with van der Waals surface area (Å²) in [5, 5.41) is 24.1. The summed E-state index contributed by atoms with van der Waals surface area (Å²) in [7, 11) is 0. The van der Waals surface area contributed by atoms with Crippen LogP contribution in [-0.4, -0.2) is 22.4 Å². The van der Waals surface area contributed by atoms with Crippen LogP contribution >= 0.6 is 0 Å². The highest BCUT2D eigenvalue weighted by molar-refractivity contribution is 5.75. The molecule has 5 nitrogen and oxygen atoms in total. The molecular formula is C26H39FN2O3. The minimum atomic E-state index is -1.23. The predicted molar refractivity (Wildman–Crippen MR) is 129 cm³/mol. The highest BCUT2D eigenvalue weighted by Gasteiger charge is 2.36. The molecule has 0 aromatic heterocycles. The molecule has 0 aliphatic heterocycles. The number of benzene rings is 1. The predicted octanol–water partition coefficient (Wildman–Crippen LogP) is 6.06. The van der Waals surface area contributed by atoms with E-state index in [0.29, 0.717) is 34.7 Å². The van der Waals surface area contributed by atoms with E-state index in [0.717, 1.165) is 31.3 Å². The summed E-state index contributed by atoms with van der Waals surface area (Å²) in [6.07, 6.45) is 2.95. The average molecular weight is 447 g/mol. The van der Waals surface area contributed by atoms with Crippen molar-refractivity contribution in [2.75, 3.05) is 6.54 Å². The molecule has 1 saturated carbocycles. The zero-order valence-corrected chi connectivity index (χ0v) is 20.1. The Labute approximate surface area is 191 Å². The van der Waals surface area contributed by atoms with E-state index in [9.17, 15) is 14.6 Å². The zero-order chi connectivity index (χ0) is 24.2. The number of hydrogen-bond donors (Lipinski definition) is 4. The van der Waals surface area contributed by atoms with Crippen molar-refractivity contribution in [3.05, 3.63) is 53.3 Å². The number of hydrogen-bond acceptors (Lipinski definition) is 5. The van der Waals surface area contributed by atoms with E-state index in [2.05, 4.69) is 18.5 Å². The molecule has 1 aliphatic carbocycles. The Bertz CT molecular complexity index is 876. The minimum Gasteiger partial charge on any atom is -0.508 e. The summed E-state index contributed by atoms with van der Waals surface area (Å²) in [5.74, 6) is 5.99. The fourth-order valence-corrected chi connectivity index (χ4v) is 4.63. The van der Waals surface area contributed by atoms with Crippen molar-refractivity contribution in [2.24, 2.45) is 17.7 Å². The first kappa shape index (κ1) is 25.8. The standard InChI is InChI=1S/C26H39FN2O3/c1-8-29-17(5)16(4)24(18-9-11-19(12-10-18)26(6,7)27)25(32-28)21-13-20(15(2)3)22(30)14-23(21)31/h13-15,18-19,29-31H,4-5,8-12,28H2,1-3,6-7H3/b25-24+. The molecule has 32 heavy (non-hydrogen) atoms. The molecule has 1 aliphatic rings. The molecule has 2 rings (SSSR count). The van der Waals surface area contributed by atoms with E-state index in [1.54, 1.807) is 19.9 Å². The quantitative estimate of drug-likeness (QED) is 0.210. The number of phenolic OH excluding ortho intramolecular Hbond substituents is 2. The van der Waals surface area contributed by atoms with Gasteiger partial charge in [0.25, 0.3) is 0 Å². The summed E-state index contributed by atoms with van der Waals surface area (Å²) in [4.78, 5) is 5.38. The van der Waals surface area contributed by atoms with Crippen molar-refractivity contribution < 1.29 is 19.4 Å². The highest BCUT2D eigenvalue weighted by atomic mass is 19.1. The lowest BCUT2D eigenvalue weighted by atomic mass is 9.71. The normalized spacial score (nSPS) is 20.0. The molecule has 0 amide bonds. The third-order valence-electron chi connectivity index (χ3n) is 6.56. The van der Waals surface area contributed by atoms with Gasteiger partial charge in [0.2, 0.25) is 0 Å². The first-order chi connectivity index (χ1) is 14.9. The zero-order valence-electron chi connectivity index (χ0n) is 20.1. The van der Waals surface area contributed by atoms with Gasteiger partial charge >= 0.3 is 0 Å². The van der Waals surface area contributed by atoms with Gasteiger partial charge in [0, 0.05) is 23.9 Å². The van der Waals surface area contributed by atoms with Crippen LogP contribution in [0, 0.1) is 11.8 Å². The van der Waals surface area contributed by atoms with E-state index in [1.807, 2.05) is 20.8 Å². The molecule has 0 heterocycles. The van der Waals surface area contributed by atoms with Crippen molar-refractivity contribution in [1.82, 2.24) is 5.32 Å². The first-order valence-electron chi connectivity index (χ1n) is 11.4. The van der Waals surface area contributed by atoms with E-state index in [-0.39, 0.29) is 29.3 Å². The molecule has 0 atom stereocenters. The molecule has 0 radical (unpaired) electrons. The number of phenols is 2. The molecule has 0 saturated heterocycles. The number of allylic oxidation sites excluding steroid dienone is 1. The molecular weight excluding hydrogens is 407 g/mol. The van der Waals surface area contributed by atoms with Gasteiger partial charge in [-0.15, -0.1) is 0 Å². The summed E-state index contributed by atoms with van der Waals surface area (Å²) in [5.41, 5.74) is 1.88. The Kier molecular flexibility index (Phi) is 8.41. The molecule has 0 bridgehead atoms. The first-order valence-corrected chi connectivity index (χ1v) is 11.4. The molecule has 0 spiro atoms. The maximum absolute atomic E-state index is 14.5. The largest absolute Gasteiger partial charge is 0.508 e. The van der Waals surface area contributed by atoms with Gasteiger partial charge in [-0.05, 0) is 81.4 Å². The van der Waals surface area contributed by atoms with Crippen LogP contribution in [0.5, 0.6) is 11.5 Å². The fourth-order valence-electron chi connectivity index (χ4n) is 4.63. The van der Waals surface area contributed by atoms with E-state index >= 15 is 0 Å². The smallest absolute Gasteiger partial charge is 0.161 e. The average Bonchev–Trinajstić information content (AvgIpc) is 2.71. The number of nitrogens with two attached hydrogens (primary N) is 1. The Hall–Kier alpha value is -2.47. The van der Waals surface area contributed by atoms with Crippen LogP contribution < -0.4 is 11.2 Å². The summed E-state index contributed by atoms with van der Waals surface area (Å²) in [6, 6.07) is 3.02. The van der Waals surface area contributed by atoms with Crippen molar-refractivity contribution in [3.63, 3.8) is 0 Å². The number of halogens is 1. The lowest BCUT2D eigenvalue weighted by molar-refractivity contribution is 0.0848. The molecule has 178 valence electrons. The van der Waals surface area contributed by atoms with E-state index < -0.39 is 5.67 Å². The van der Waals surface area contributed by atoms with E-state index in [4.69, 9.17) is 10.7 Å². The minimum absolute atomic E-state index is 0.0119. The second kappa shape index (κ2) is 10.4.